The van der Waals surface area contributed by atoms with E-state index in [-0.39, 0.29) is 23.2 Å². The van der Waals surface area contributed by atoms with Gasteiger partial charge in [0.15, 0.2) is 0 Å². The summed E-state index contributed by atoms with van der Waals surface area (Å²) < 4.78 is 27.5. The molecule has 2 N–H and O–H groups in total. The first kappa shape index (κ1) is 19.2. The molecule has 0 aromatic heterocycles. The van der Waals surface area contributed by atoms with E-state index in [1.54, 1.807) is 23.1 Å². The molecule has 1 saturated heterocycles. The van der Waals surface area contributed by atoms with Gasteiger partial charge in [-0.2, -0.15) is 0 Å². The van der Waals surface area contributed by atoms with Crippen molar-refractivity contribution in [1.29, 1.82) is 0 Å². The number of nitrogens with zero attached hydrogens (tertiary/aromatic N) is 1. The van der Waals surface area contributed by atoms with Gasteiger partial charge in [0, 0.05) is 25.7 Å². The molecule has 3 rings (SSSR count). The van der Waals surface area contributed by atoms with Gasteiger partial charge in [0.25, 0.3) is 0 Å². The Hall–Kier alpha value is -1.15. The fourth-order valence-electron chi connectivity index (χ4n) is 3.31. The Morgan fingerprint density at radius 1 is 1.42 bits per heavy atom. The normalized spacial score (nSPS) is 19.9. The molecule has 1 aromatic carbocycles. The second-order valence-electron chi connectivity index (χ2n) is 6.26. The van der Waals surface area contributed by atoms with Gasteiger partial charge in [-0.3, -0.25) is 4.79 Å². The number of benzene rings is 1. The van der Waals surface area contributed by atoms with Crippen molar-refractivity contribution >= 4 is 34.0 Å². The molecule has 1 atom stereocenters. The molecule has 134 valence electrons. The summed E-state index contributed by atoms with van der Waals surface area (Å²) >= 11 is 0. The predicted molar refractivity (Wildman–Crippen MR) is 96.2 cm³/mol. The van der Waals surface area contributed by atoms with Crippen molar-refractivity contribution in [2.45, 2.75) is 31.1 Å². The van der Waals surface area contributed by atoms with Crippen molar-refractivity contribution in [3.63, 3.8) is 0 Å². The molecular formula is C16H24ClN3O3S. The molecular weight excluding hydrogens is 350 g/mol. The number of anilines is 1. The maximum atomic E-state index is 12.4. The average molecular weight is 374 g/mol. The molecule has 0 bridgehead atoms. The standard InChI is InChI=1S/C16H23N3O3S.ClH/c1-12(20)19-9-6-14-10-15(2-3-16(14)19)23(21,22)18-8-5-13-4-7-17-11-13;/h2-3,10,13,17-18H,4-9,11H2,1H3;1H. The van der Waals surface area contributed by atoms with Crippen molar-refractivity contribution in [2.24, 2.45) is 5.92 Å². The quantitative estimate of drug-likeness (QED) is 0.815. The Kier molecular flexibility index (Phi) is 6.25. The molecule has 0 spiro atoms. The Morgan fingerprint density at radius 3 is 2.88 bits per heavy atom. The van der Waals surface area contributed by atoms with E-state index in [0.29, 0.717) is 25.4 Å². The van der Waals surface area contributed by atoms with Gasteiger partial charge in [-0.25, -0.2) is 13.1 Å². The molecule has 8 heteroatoms. The van der Waals surface area contributed by atoms with Crippen LogP contribution in [0.4, 0.5) is 5.69 Å². The number of halogens is 1. The van der Waals surface area contributed by atoms with E-state index < -0.39 is 10.0 Å². The molecule has 0 aliphatic carbocycles. The number of fused-ring (bicyclic) bond motifs is 1. The maximum absolute atomic E-state index is 12.4. The van der Waals surface area contributed by atoms with Crippen LogP contribution in [0.5, 0.6) is 0 Å². The number of hydrogen-bond acceptors (Lipinski definition) is 4. The van der Waals surface area contributed by atoms with Gasteiger partial charge in [-0.05, 0) is 62.0 Å². The summed E-state index contributed by atoms with van der Waals surface area (Å²) in [6.45, 7) is 4.61. The zero-order chi connectivity index (χ0) is 16.4. The molecule has 6 nitrogen and oxygen atoms in total. The van der Waals surface area contributed by atoms with Gasteiger partial charge in [-0.15, -0.1) is 12.4 Å². The van der Waals surface area contributed by atoms with Crippen LogP contribution < -0.4 is 14.9 Å². The zero-order valence-corrected chi connectivity index (χ0v) is 15.4. The molecule has 1 fully saturated rings. The highest BCUT2D eigenvalue weighted by molar-refractivity contribution is 7.89. The van der Waals surface area contributed by atoms with Crippen molar-refractivity contribution in [3.8, 4) is 0 Å². The first-order valence-corrected chi connectivity index (χ1v) is 9.57. The monoisotopic (exact) mass is 373 g/mol. The second-order valence-corrected chi connectivity index (χ2v) is 8.02. The van der Waals surface area contributed by atoms with Crippen LogP contribution in [0, 0.1) is 5.92 Å². The van der Waals surface area contributed by atoms with E-state index in [2.05, 4.69) is 10.0 Å². The first-order chi connectivity index (χ1) is 11.0. The summed E-state index contributed by atoms with van der Waals surface area (Å²) in [4.78, 5) is 13.5. The number of nitrogens with one attached hydrogen (secondary N) is 2. The van der Waals surface area contributed by atoms with Crippen LogP contribution in [0.2, 0.25) is 0 Å². The summed E-state index contributed by atoms with van der Waals surface area (Å²) in [5.74, 6) is 0.546. The molecule has 0 saturated carbocycles. The smallest absolute Gasteiger partial charge is 0.240 e. The van der Waals surface area contributed by atoms with E-state index in [9.17, 15) is 13.2 Å². The van der Waals surface area contributed by atoms with Crippen LogP contribution in [0.25, 0.3) is 0 Å². The van der Waals surface area contributed by atoms with E-state index >= 15 is 0 Å². The summed E-state index contributed by atoms with van der Waals surface area (Å²) in [5.41, 5.74) is 1.75. The summed E-state index contributed by atoms with van der Waals surface area (Å²) in [6.07, 6.45) is 2.67. The van der Waals surface area contributed by atoms with Gasteiger partial charge in [0.05, 0.1) is 4.90 Å². The lowest BCUT2D eigenvalue weighted by molar-refractivity contribution is -0.116. The number of amides is 1. The summed E-state index contributed by atoms with van der Waals surface area (Å²) in [7, 11) is -3.49. The Labute approximate surface area is 149 Å². The number of carbonyl (C=O) groups excluding carboxylic acids is 1. The van der Waals surface area contributed by atoms with Crippen molar-refractivity contribution in [2.75, 3.05) is 31.1 Å². The molecule has 0 radical (unpaired) electrons. The first-order valence-electron chi connectivity index (χ1n) is 8.09. The maximum Gasteiger partial charge on any atom is 0.240 e. The number of hydrogen-bond donors (Lipinski definition) is 2. The Balaban J connectivity index is 0.00000208. The number of sulfonamides is 1. The lowest BCUT2D eigenvalue weighted by Crippen LogP contribution is -2.27. The number of rotatable bonds is 5. The van der Waals surface area contributed by atoms with Gasteiger partial charge in [0.2, 0.25) is 15.9 Å². The highest BCUT2D eigenvalue weighted by Crippen LogP contribution is 2.30. The molecule has 2 heterocycles. The summed E-state index contributed by atoms with van der Waals surface area (Å²) in [6, 6.07) is 5.01. The topological polar surface area (TPSA) is 78.5 Å². The lowest BCUT2D eigenvalue weighted by atomic mass is 10.1. The minimum Gasteiger partial charge on any atom is -0.316 e. The van der Waals surface area contributed by atoms with Gasteiger partial charge in [-0.1, -0.05) is 0 Å². The second kappa shape index (κ2) is 7.82. The lowest BCUT2D eigenvalue weighted by Gasteiger charge is -2.15. The third-order valence-electron chi connectivity index (χ3n) is 4.64. The predicted octanol–water partition coefficient (Wildman–Crippen LogP) is 1.30. The van der Waals surface area contributed by atoms with E-state index in [4.69, 9.17) is 0 Å². The van der Waals surface area contributed by atoms with Crippen LogP contribution in [-0.2, 0) is 21.2 Å². The van der Waals surface area contributed by atoms with Crippen LogP contribution in [0.15, 0.2) is 23.1 Å². The molecule has 24 heavy (non-hydrogen) atoms. The Bertz CT molecular complexity index is 703. The number of carbonyl (C=O) groups is 1. The minimum atomic E-state index is -3.49. The largest absolute Gasteiger partial charge is 0.316 e. The Morgan fingerprint density at radius 2 is 2.21 bits per heavy atom. The molecule has 1 unspecified atom stereocenters. The van der Waals surface area contributed by atoms with E-state index in [1.807, 2.05) is 0 Å². The average Bonchev–Trinajstić information content (AvgIpc) is 3.15. The fourth-order valence-corrected chi connectivity index (χ4v) is 4.41. The minimum absolute atomic E-state index is 0. The molecule has 2 aliphatic rings. The highest BCUT2D eigenvalue weighted by Gasteiger charge is 2.25. The van der Waals surface area contributed by atoms with Crippen LogP contribution in [0.1, 0.15) is 25.3 Å². The van der Waals surface area contributed by atoms with E-state index in [1.165, 1.54) is 6.92 Å². The van der Waals surface area contributed by atoms with Gasteiger partial charge < -0.3 is 10.2 Å². The van der Waals surface area contributed by atoms with Crippen molar-refractivity contribution < 1.29 is 13.2 Å². The SMILES string of the molecule is CC(=O)N1CCc2cc(S(=O)(=O)NCCC3CCNC3)ccc21.Cl. The summed E-state index contributed by atoms with van der Waals surface area (Å²) in [5, 5.41) is 3.28. The van der Waals surface area contributed by atoms with Crippen molar-refractivity contribution in [1.82, 2.24) is 10.0 Å². The third kappa shape index (κ3) is 4.08. The highest BCUT2D eigenvalue weighted by atomic mass is 35.5. The zero-order valence-electron chi connectivity index (χ0n) is 13.7. The molecule has 1 amide bonds. The third-order valence-corrected chi connectivity index (χ3v) is 6.10. The van der Waals surface area contributed by atoms with Gasteiger partial charge in [0.1, 0.15) is 0 Å². The van der Waals surface area contributed by atoms with Crippen molar-refractivity contribution in [3.05, 3.63) is 23.8 Å². The molecule has 1 aromatic rings. The van der Waals surface area contributed by atoms with Crippen LogP contribution in [-0.4, -0.2) is 40.5 Å². The van der Waals surface area contributed by atoms with E-state index in [0.717, 1.165) is 37.2 Å². The van der Waals surface area contributed by atoms with Crippen LogP contribution in [0.3, 0.4) is 0 Å². The van der Waals surface area contributed by atoms with Crippen LogP contribution >= 0.6 is 12.4 Å². The molecule has 2 aliphatic heterocycles. The van der Waals surface area contributed by atoms with Gasteiger partial charge >= 0.3 is 0 Å². The fraction of sp³-hybridized carbons (Fsp3) is 0.562.